The molecule has 0 bridgehead atoms. The lowest BCUT2D eigenvalue weighted by Gasteiger charge is -2.15. The molecule has 4 N–H and O–H groups in total. The number of nitrogens with zero attached hydrogens (tertiary/aromatic N) is 1. The van der Waals surface area contributed by atoms with Crippen molar-refractivity contribution in [2.75, 3.05) is 4.72 Å². The van der Waals surface area contributed by atoms with Crippen LogP contribution in [0.25, 0.3) is 0 Å². The molecule has 0 radical (unpaired) electrons. The van der Waals surface area contributed by atoms with Gasteiger partial charge in [-0.3, -0.25) is 9.82 Å². The summed E-state index contributed by atoms with van der Waals surface area (Å²) in [6.45, 7) is 5.75. The van der Waals surface area contributed by atoms with E-state index in [-0.39, 0.29) is 17.4 Å². The van der Waals surface area contributed by atoms with Gasteiger partial charge >= 0.3 is 0 Å². The number of hydrogen-bond acceptors (Lipinski definition) is 4. The van der Waals surface area contributed by atoms with Gasteiger partial charge in [-0.2, -0.15) is 5.10 Å². The molecule has 1 heterocycles. The Labute approximate surface area is 124 Å². The first-order valence-electron chi connectivity index (χ1n) is 6.72. The highest BCUT2D eigenvalue weighted by Gasteiger charge is 2.24. The van der Waals surface area contributed by atoms with Crippen molar-refractivity contribution in [3.63, 3.8) is 0 Å². The minimum atomic E-state index is -3.72. The number of H-pyrrole nitrogens is 1. The molecule has 7 heteroatoms. The molecule has 0 unspecified atom stereocenters. The van der Waals surface area contributed by atoms with Crippen LogP contribution in [0.2, 0.25) is 0 Å². The van der Waals surface area contributed by atoms with Crippen LogP contribution in [0.15, 0.2) is 29.2 Å². The van der Waals surface area contributed by atoms with Crippen molar-refractivity contribution in [1.29, 1.82) is 0 Å². The van der Waals surface area contributed by atoms with Gasteiger partial charge in [-0.1, -0.05) is 32.0 Å². The smallest absolute Gasteiger partial charge is 0.265 e. The molecule has 0 fully saturated rings. The number of benzene rings is 1. The van der Waals surface area contributed by atoms with E-state index in [2.05, 4.69) is 14.9 Å². The summed E-state index contributed by atoms with van der Waals surface area (Å²) in [4.78, 5) is 0.128. The normalized spacial score (nSPS) is 11.9. The SMILES string of the molecule is Cc1[nH]nc(CN)c1S(=O)(=O)Nc1ccccc1C(C)C. The second kappa shape index (κ2) is 5.87. The molecule has 2 rings (SSSR count). The van der Waals surface area contributed by atoms with E-state index in [0.29, 0.717) is 17.1 Å². The third kappa shape index (κ3) is 3.08. The van der Waals surface area contributed by atoms with Crippen molar-refractivity contribution in [3.8, 4) is 0 Å². The molecule has 0 spiro atoms. The van der Waals surface area contributed by atoms with E-state index in [4.69, 9.17) is 5.73 Å². The molecule has 1 aromatic heterocycles. The quantitative estimate of drug-likeness (QED) is 0.787. The van der Waals surface area contributed by atoms with E-state index in [9.17, 15) is 8.42 Å². The monoisotopic (exact) mass is 308 g/mol. The van der Waals surface area contributed by atoms with E-state index in [1.165, 1.54) is 0 Å². The molecule has 0 saturated carbocycles. The summed E-state index contributed by atoms with van der Waals surface area (Å²) in [5, 5.41) is 6.60. The number of para-hydroxylation sites is 1. The van der Waals surface area contributed by atoms with E-state index in [0.717, 1.165) is 5.56 Å². The summed E-state index contributed by atoms with van der Waals surface area (Å²) in [7, 11) is -3.72. The van der Waals surface area contributed by atoms with Crippen molar-refractivity contribution in [2.45, 2.75) is 38.1 Å². The Bertz CT molecular complexity index is 735. The van der Waals surface area contributed by atoms with Crippen molar-refractivity contribution in [1.82, 2.24) is 10.2 Å². The molecule has 0 aliphatic heterocycles. The number of aryl methyl sites for hydroxylation is 1. The predicted octanol–water partition coefficient (Wildman–Crippen LogP) is 2.10. The van der Waals surface area contributed by atoms with Crippen molar-refractivity contribution in [2.24, 2.45) is 5.73 Å². The van der Waals surface area contributed by atoms with Gasteiger partial charge in [-0.15, -0.1) is 0 Å². The lowest BCUT2D eigenvalue weighted by atomic mass is 10.0. The zero-order chi connectivity index (χ0) is 15.6. The number of anilines is 1. The zero-order valence-electron chi connectivity index (χ0n) is 12.3. The van der Waals surface area contributed by atoms with Crippen molar-refractivity contribution < 1.29 is 8.42 Å². The van der Waals surface area contributed by atoms with Crippen LogP contribution in [-0.4, -0.2) is 18.6 Å². The molecule has 114 valence electrons. The highest BCUT2D eigenvalue weighted by Crippen LogP contribution is 2.27. The highest BCUT2D eigenvalue weighted by molar-refractivity contribution is 7.92. The van der Waals surface area contributed by atoms with E-state index >= 15 is 0 Å². The average Bonchev–Trinajstić information content (AvgIpc) is 2.80. The molecule has 0 saturated heterocycles. The third-order valence-corrected chi connectivity index (χ3v) is 4.82. The minimum Gasteiger partial charge on any atom is -0.325 e. The van der Waals surface area contributed by atoms with Gasteiger partial charge < -0.3 is 5.73 Å². The van der Waals surface area contributed by atoms with E-state index in [1.807, 2.05) is 26.0 Å². The number of hydrogen-bond donors (Lipinski definition) is 3. The summed E-state index contributed by atoms with van der Waals surface area (Å²) in [6.07, 6.45) is 0. The van der Waals surface area contributed by atoms with Gasteiger partial charge in [0.25, 0.3) is 10.0 Å². The second-order valence-corrected chi connectivity index (χ2v) is 6.80. The Morgan fingerprint density at radius 2 is 2.00 bits per heavy atom. The predicted molar refractivity (Wildman–Crippen MR) is 82.6 cm³/mol. The van der Waals surface area contributed by atoms with Crippen LogP contribution in [0.5, 0.6) is 0 Å². The fraction of sp³-hybridized carbons (Fsp3) is 0.357. The molecule has 6 nitrogen and oxygen atoms in total. The number of aromatic nitrogens is 2. The molecule has 0 atom stereocenters. The van der Waals surface area contributed by atoms with Crippen LogP contribution < -0.4 is 10.5 Å². The first-order chi connectivity index (χ1) is 9.86. The molecule has 0 amide bonds. The largest absolute Gasteiger partial charge is 0.325 e. The summed E-state index contributed by atoms with van der Waals surface area (Å²) < 4.78 is 27.9. The number of nitrogens with one attached hydrogen (secondary N) is 2. The summed E-state index contributed by atoms with van der Waals surface area (Å²) in [5.74, 6) is 0.211. The summed E-state index contributed by atoms with van der Waals surface area (Å²) in [5.41, 5.74) is 7.89. The lowest BCUT2D eigenvalue weighted by molar-refractivity contribution is 0.599. The fourth-order valence-corrected chi connectivity index (χ4v) is 3.72. The number of nitrogens with two attached hydrogens (primary N) is 1. The zero-order valence-corrected chi connectivity index (χ0v) is 13.2. The fourth-order valence-electron chi connectivity index (χ4n) is 2.25. The second-order valence-electron chi connectivity index (χ2n) is 5.18. The standard InChI is InChI=1S/C14H20N4O2S/c1-9(2)11-6-4-5-7-12(11)18-21(19,20)14-10(3)16-17-13(14)8-15/h4-7,9,18H,8,15H2,1-3H3,(H,16,17). The summed E-state index contributed by atoms with van der Waals surface area (Å²) in [6, 6.07) is 7.36. The van der Waals surface area contributed by atoms with Gasteiger partial charge in [-0.25, -0.2) is 8.42 Å². The molecule has 0 aliphatic carbocycles. The Morgan fingerprint density at radius 1 is 1.33 bits per heavy atom. The van der Waals surface area contributed by atoms with Crippen LogP contribution >= 0.6 is 0 Å². The third-order valence-electron chi connectivity index (χ3n) is 3.25. The Kier molecular flexibility index (Phi) is 4.34. The Hall–Kier alpha value is -1.86. The van der Waals surface area contributed by atoms with E-state index in [1.54, 1.807) is 19.1 Å². The van der Waals surface area contributed by atoms with Crippen LogP contribution in [0.3, 0.4) is 0 Å². The Morgan fingerprint density at radius 3 is 2.62 bits per heavy atom. The highest BCUT2D eigenvalue weighted by atomic mass is 32.2. The van der Waals surface area contributed by atoms with Gasteiger partial charge in [0.15, 0.2) is 0 Å². The maximum Gasteiger partial charge on any atom is 0.265 e. The van der Waals surface area contributed by atoms with Crippen molar-refractivity contribution >= 4 is 15.7 Å². The molecular weight excluding hydrogens is 288 g/mol. The van der Waals surface area contributed by atoms with Gasteiger partial charge in [0.05, 0.1) is 17.1 Å². The first-order valence-corrected chi connectivity index (χ1v) is 8.20. The van der Waals surface area contributed by atoms with Crippen LogP contribution in [0.4, 0.5) is 5.69 Å². The van der Waals surface area contributed by atoms with Crippen molar-refractivity contribution in [3.05, 3.63) is 41.2 Å². The molecule has 2 aromatic rings. The number of rotatable bonds is 5. The minimum absolute atomic E-state index is 0.0619. The summed E-state index contributed by atoms with van der Waals surface area (Å²) >= 11 is 0. The topological polar surface area (TPSA) is 101 Å². The maximum atomic E-state index is 12.6. The molecule has 0 aliphatic rings. The van der Waals surface area contributed by atoms with Gasteiger partial charge in [0.2, 0.25) is 0 Å². The van der Waals surface area contributed by atoms with E-state index < -0.39 is 10.0 Å². The number of sulfonamides is 1. The van der Waals surface area contributed by atoms with Gasteiger partial charge in [0.1, 0.15) is 4.90 Å². The molecule has 21 heavy (non-hydrogen) atoms. The molecular formula is C14H20N4O2S. The lowest BCUT2D eigenvalue weighted by Crippen LogP contribution is -2.17. The van der Waals surface area contributed by atoms with Gasteiger partial charge in [0, 0.05) is 6.54 Å². The Balaban J connectivity index is 2.45. The maximum absolute atomic E-state index is 12.6. The first kappa shape index (κ1) is 15.5. The van der Waals surface area contributed by atoms with Crippen LogP contribution in [0, 0.1) is 6.92 Å². The number of aromatic amines is 1. The van der Waals surface area contributed by atoms with Crippen LogP contribution in [-0.2, 0) is 16.6 Å². The molecule has 1 aromatic carbocycles. The van der Waals surface area contributed by atoms with Crippen LogP contribution in [0.1, 0.15) is 36.7 Å². The van der Waals surface area contributed by atoms with Gasteiger partial charge in [-0.05, 0) is 24.5 Å². The average molecular weight is 308 g/mol.